The number of aromatic nitrogens is 1. The molecule has 0 bridgehead atoms. The molecule has 0 saturated heterocycles. The van der Waals surface area contributed by atoms with Gasteiger partial charge in [-0.1, -0.05) is 23.2 Å². The van der Waals surface area contributed by atoms with E-state index in [0.717, 1.165) is 28.7 Å². The minimum atomic E-state index is 0.586. The molecule has 0 saturated carbocycles. The van der Waals surface area contributed by atoms with E-state index in [1.165, 1.54) is 0 Å². The number of nitrogens with zero attached hydrogens (tertiary/aromatic N) is 1. The number of fused-ring (bicyclic) bond motifs is 1. The molecule has 0 amide bonds. The number of pyridine rings is 1. The molecule has 0 aliphatic heterocycles. The number of rotatable bonds is 2. The minimum Gasteiger partial charge on any atom is -0.396 e. The fourth-order valence-electron chi connectivity index (χ4n) is 1.76. The van der Waals surface area contributed by atoms with Gasteiger partial charge in [-0.05, 0) is 25.5 Å². The van der Waals surface area contributed by atoms with Crippen molar-refractivity contribution in [2.75, 3.05) is 17.6 Å². The topological polar surface area (TPSA) is 50.9 Å². The molecule has 0 spiro atoms. The summed E-state index contributed by atoms with van der Waals surface area (Å²) in [7, 11) is 0. The lowest BCUT2D eigenvalue weighted by Gasteiger charge is -2.13. The number of hydrogen-bond donors (Lipinski definition) is 2. The van der Waals surface area contributed by atoms with Crippen LogP contribution in [0.2, 0.25) is 10.0 Å². The summed E-state index contributed by atoms with van der Waals surface area (Å²) in [5.41, 5.74) is 8.91. The van der Waals surface area contributed by atoms with E-state index in [-0.39, 0.29) is 0 Å². The first-order valence-electron chi connectivity index (χ1n) is 5.33. The molecule has 17 heavy (non-hydrogen) atoms. The summed E-state index contributed by atoms with van der Waals surface area (Å²) in [6, 6.07) is 1.80. The third kappa shape index (κ3) is 2.01. The molecule has 3 nitrogen and oxygen atoms in total. The van der Waals surface area contributed by atoms with Gasteiger partial charge < -0.3 is 11.1 Å². The van der Waals surface area contributed by atoms with Crippen molar-refractivity contribution in [3.63, 3.8) is 0 Å². The van der Waals surface area contributed by atoms with Gasteiger partial charge in [-0.25, -0.2) is 0 Å². The fraction of sp³-hybridized carbons (Fsp3) is 0.250. The van der Waals surface area contributed by atoms with Crippen molar-refractivity contribution in [1.82, 2.24) is 4.98 Å². The van der Waals surface area contributed by atoms with E-state index < -0.39 is 0 Å². The molecule has 2 aromatic rings. The van der Waals surface area contributed by atoms with Crippen molar-refractivity contribution in [1.29, 1.82) is 0 Å². The molecular weight excluding hydrogens is 257 g/mol. The molecule has 1 aromatic carbocycles. The Labute approximate surface area is 110 Å². The van der Waals surface area contributed by atoms with E-state index in [1.54, 1.807) is 12.3 Å². The number of benzene rings is 1. The molecule has 5 heteroatoms. The van der Waals surface area contributed by atoms with Crippen molar-refractivity contribution in [2.24, 2.45) is 0 Å². The molecule has 1 heterocycles. The van der Waals surface area contributed by atoms with Crippen LogP contribution in [0.25, 0.3) is 10.9 Å². The Morgan fingerprint density at radius 3 is 2.76 bits per heavy atom. The Kier molecular flexibility index (Phi) is 3.31. The zero-order chi connectivity index (χ0) is 12.6. The predicted molar refractivity (Wildman–Crippen MR) is 75.1 cm³/mol. The number of nitrogen functional groups attached to an aromatic ring is 1. The van der Waals surface area contributed by atoms with E-state index in [0.29, 0.717) is 15.7 Å². The summed E-state index contributed by atoms with van der Waals surface area (Å²) < 4.78 is 0. The highest BCUT2D eigenvalue weighted by Crippen LogP contribution is 2.38. The van der Waals surface area contributed by atoms with Crippen LogP contribution in [-0.4, -0.2) is 11.5 Å². The molecule has 0 atom stereocenters. The maximum atomic E-state index is 6.32. The standard InChI is InChI=1S/C12H13Cl2N3/c1-3-16-12-8(15)5-17-9-4-7(13)6(2)11(14)10(9)12/h4-5H,3,15H2,1-2H3,(H,16,17). The van der Waals surface area contributed by atoms with Crippen LogP contribution in [0, 0.1) is 6.92 Å². The summed E-state index contributed by atoms with van der Waals surface area (Å²) >= 11 is 12.4. The first-order valence-corrected chi connectivity index (χ1v) is 6.08. The molecular formula is C12H13Cl2N3. The average molecular weight is 270 g/mol. The third-order valence-electron chi connectivity index (χ3n) is 2.66. The van der Waals surface area contributed by atoms with Gasteiger partial charge in [0.1, 0.15) is 0 Å². The molecule has 2 rings (SSSR count). The smallest absolute Gasteiger partial charge is 0.0754 e. The highest BCUT2D eigenvalue weighted by atomic mass is 35.5. The van der Waals surface area contributed by atoms with E-state index in [9.17, 15) is 0 Å². The van der Waals surface area contributed by atoms with Gasteiger partial charge in [-0.3, -0.25) is 4.98 Å². The second-order valence-electron chi connectivity index (χ2n) is 3.81. The molecule has 0 radical (unpaired) electrons. The predicted octanol–water partition coefficient (Wildman–Crippen LogP) is 3.86. The summed E-state index contributed by atoms with van der Waals surface area (Å²) in [4.78, 5) is 4.25. The first kappa shape index (κ1) is 12.3. The molecule has 0 aliphatic rings. The SMILES string of the molecule is CCNc1c(N)cnc2cc(Cl)c(C)c(Cl)c12. The van der Waals surface area contributed by atoms with Crippen molar-refractivity contribution in [2.45, 2.75) is 13.8 Å². The lowest BCUT2D eigenvalue weighted by molar-refractivity contribution is 1.21. The van der Waals surface area contributed by atoms with Crippen LogP contribution in [0.3, 0.4) is 0 Å². The number of nitrogens with two attached hydrogens (primary N) is 1. The molecule has 0 unspecified atom stereocenters. The van der Waals surface area contributed by atoms with Gasteiger partial charge in [0.05, 0.1) is 28.1 Å². The zero-order valence-electron chi connectivity index (χ0n) is 9.64. The van der Waals surface area contributed by atoms with Gasteiger partial charge in [-0.15, -0.1) is 0 Å². The molecule has 0 fully saturated rings. The number of hydrogen-bond acceptors (Lipinski definition) is 3. The highest BCUT2D eigenvalue weighted by molar-refractivity contribution is 6.40. The number of halogens is 2. The van der Waals surface area contributed by atoms with E-state index in [1.807, 2.05) is 13.8 Å². The van der Waals surface area contributed by atoms with Gasteiger partial charge in [0.2, 0.25) is 0 Å². The normalized spacial score (nSPS) is 10.8. The molecule has 90 valence electrons. The molecule has 3 N–H and O–H groups in total. The summed E-state index contributed by atoms with van der Waals surface area (Å²) in [6.45, 7) is 4.65. The van der Waals surface area contributed by atoms with Crippen LogP contribution in [0.5, 0.6) is 0 Å². The van der Waals surface area contributed by atoms with Crippen LogP contribution in [-0.2, 0) is 0 Å². The number of nitrogens with one attached hydrogen (secondary N) is 1. The summed E-state index contributed by atoms with van der Waals surface area (Å²) in [5.74, 6) is 0. The lowest BCUT2D eigenvalue weighted by atomic mass is 10.1. The highest BCUT2D eigenvalue weighted by Gasteiger charge is 2.13. The van der Waals surface area contributed by atoms with Crippen LogP contribution < -0.4 is 11.1 Å². The second-order valence-corrected chi connectivity index (χ2v) is 4.60. The Morgan fingerprint density at radius 1 is 1.41 bits per heavy atom. The maximum absolute atomic E-state index is 6.32. The summed E-state index contributed by atoms with van der Waals surface area (Å²) in [5, 5.41) is 5.26. The fourth-order valence-corrected chi connectivity index (χ4v) is 2.30. The first-order chi connectivity index (χ1) is 8.06. The molecule has 1 aromatic heterocycles. The van der Waals surface area contributed by atoms with Gasteiger partial charge in [0.25, 0.3) is 0 Å². The van der Waals surface area contributed by atoms with E-state index >= 15 is 0 Å². The van der Waals surface area contributed by atoms with E-state index in [4.69, 9.17) is 28.9 Å². The van der Waals surface area contributed by atoms with Crippen molar-refractivity contribution >= 4 is 45.5 Å². The quantitative estimate of drug-likeness (QED) is 0.871. The Hall–Kier alpha value is -1.19. The molecule has 0 aliphatic carbocycles. The van der Waals surface area contributed by atoms with Crippen LogP contribution in [0.1, 0.15) is 12.5 Å². The monoisotopic (exact) mass is 269 g/mol. The van der Waals surface area contributed by atoms with E-state index in [2.05, 4.69) is 10.3 Å². The van der Waals surface area contributed by atoms with Gasteiger partial charge in [0.15, 0.2) is 0 Å². The Bertz CT molecular complexity index is 582. The van der Waals surface area contributed by atoms with Crippen molar-refractivity contribution in [3.05, 3.63) is 27.9 Å². The Balaban J connectivity index is 2.87. The van der Waals surface area contributed by atoms with Crippen molar-refractivity contribution < 1.29 is 0 Å². The zero-order valence-corrected chi connectivity index (χ0v) is 11.2. The summed E-state index contributed by atoms with van der Waals surface area (Å²) in [6.07, 6.45) is 1.61. The Morgan fingerprint density at radius 2 is 2.12 bits per heavy atom. The second kappa shape index (κ2) is 4.59. The van der Waals surface area contributed by atoms with Crippen LogP contribution >= 0.6 is 23.2 Å². The lowest BCUT2D eigenvalue weighted by Crippen LogP contribution is -2.03. The number of anilines is 2. The van der Waals surface area contributed by atoms with Crippen LogP contribution in [0.4, 0.5) is 11.4 Å². The van der Waals surface area contributed by atoms with Gasteiger partial charge in [-0.2, -0.15) is 0 Å². The largest absolute Gasteiger partial charge is 0.396 e. The minimum absolute atomic E-state index is 0.586. The third-order valence-corrected chi connectivity index (χ3v) is 3.53. The van der Waals surface area contributed by atoms with Crippen molar-refractivity contribution in [3.8, 4) is 0 Å². The van der Waals surface area contributed by atoms with Crippen LogP contribution in [0.15, 0.2) is 12.3 Å². The van der Waals surface area contributed by atoms with Gasteiger partial charge >= 0.3 is 0 Å². The average Bonchev–Trinajstić information content (AvgIpc) is 2.30. The van der Waals surface area contributed by atoms with Gasteiger partial charge in [0, 0.05) is 17.0 Å². The maximum Gasteiger partial charge on any atom is 0.0754 e.